The van der Waals surface area contributed by atoms with Gasteiger partial charge in [-0.1, -0.05) is 36.4 Å². The molecule has 21 heavy (non-hydrogen) atoms. The van der Waals surface area contributed by atoms with Crippen molar-refractivity contribution in [3.05, 3.63) is 59.7 Å². The quantitative estimate of drug-likeness (QED) is 0.908. The van der Waals surface area contributed by atoms with Gasteiger partial charge < -0.3 is 10.2 Å². The van der Waals surface area contributed by atoms with Gasteiger partial charge in [-0.25, -0.2) is 0 Å². The zero-order chi connectivity index (χ0) is 14.1. The van der Waals surface area contributed by atoms with Crippen LogP contribution in [0.5, 0.6) is 0 Å². The third kappa shape index (κ3) is 2.68. The third-order valence-corrected chi connectivity index (χ3v) is 4.55. The van der Waals surface area contributed by atoms with E-state index in [1.165, 1.54) is 48.2 Å². The molecular weight excluding hydrogens is 256 g/mol. The number of aryl methyl sites for hydroxylation is 1. The lowest BCUT2D eigenvalue weighted by atomic mass is 10.00. The van der Waals surface area contributed by atoms with Crippen molar-refractivity contribution in [1.29, 1.82) is 0 Å². The van der Waals surface area contributed by atoms with Gasteiger partial charge in [0.1, 0.15) is 0 Å². The fraction of sp³-hybridized carbons (Fsp3) is 0.368. The van der Waals surface area contributed by atoms with E-state index in [4.69, 9.17) is 0 Å². The van der Waals surface area contributed by atoms with Crippen LogP contribution in [0.2, 0.25) is 0 Å². The van der Waals surface area contributed by atoms with E-state index in [1.807, 2.05) is 0 Å². The molecule has 1 N–H and O–H groups in total. The normalized spacial score (nSPS) is 17.6. The number of benzene rings is 2. The van der Waals surface area contributed by atoms with Crippen molar-refractivity contribution >= 4 is 11.4 Å². The van der Waals surface area contributed by atoms with Crippen LogP contribution in [0.4, 0.5) is 11.4 Å². The summed E-state index contributed by atoms with van der Waals surface area (Å²) in [6, 6.07) is 18.5. The molecule has 2 aromatic carbocycles. The molecule has 0 radical (unpaired) electrons. The summed E-state index contributed by atoms with van der Waals surface area (Å²) in [6.07, 6.45) is 5.12. The zero-order valence-corrected chi connectivity index (χ0v) is 12.4. The number of anilines is 2. The molecule has 1 saturated carbocycles. The summed E-state index contributed by atoms with van der Waals surface area (Å²) in [6.45, 7) is 2.11. The fourth-order valence-corrected chi connectivity index (χ4v) is 3.25. The molecule has 1 aliphatic carbocycles. The van der Waals surface area contributed by atoms with Crippen molar-refractivity contribution in [2.24, 2.45) is 0 Å². The van der Waals surface area contributed by atoms with Gasteiger partial charge in [-0.15, -0.1) is 0 Å². The summed E-state index contributed by atoms with van der Waals surface area (Å²) in [5, 5.41) is 3.65. The molecule has 2 heteroatoms. The van der Waals surface area contributed by atoms with Gasteiger partial charge in [0.05, 0.1) is 0 Å². The smallest absolute Gasteiger partial charge is 0.0456 e. The first-order chi connectivity index (χ1) is 10.4. The molecule has 0 saturated heterocycles. The highest BCUT2D eigenvalue weighted by Crippen LogP contribution is 2.35. The van der Waals surface area contributed by atoms with Crippen molar-refractivity contribution < 1.29 is 0 Å². The molecule has 1 heterocycles. The summed E-state index contributed by atoms with van der Waals surface area (Å²) in [4.78, 5) is 2.50. The van der Waals surface area contributed by atoms with Crippen LogP contribution < -0.4 is 10.2 Å². The standard InChI is InChI=1S/C19H22N2/c1-3-9-18-15(6-1)8-5-13-21(18)19-10-4-2-7-16(19)14-20-17-11-12-17/h1-4,6-7,9-10,17,20H,5,8,11-14H2. The average molecular weight is 278 g/mol. The number of nitrogens with one attached hydrogen (secondary N) is 1. The number of para-hydroxylation sites is 2. The second-order valence-electron chi connectivity index (χ2n) is 6.17. The molecule has 4 rings (SSSR count). The van der Waals surface area contributed by atoms with E-state index in [0.717, 1.165) is 19.1 Å². The molecule has 2 aliphatic rings. The maximum atomic E-state index is 3.65. The van der Waals surface area contributed by atoms with E-state index in [1.54, 1.807) is 0 Å². The number of hydrogen-bond donors (Lipinski definition) is 1. The van der Waals surface area contributed by atoms with Crippen molar-refractivity contribution in [2.45, 2.75) is 38.3 Å². The van der Waals surface area contributed by atoms with Crippen LogP contribution in [0.1, 0.15) is 30.4 Å². The molecule has 0 spiro atoms. The molecule has 1 aliphatic heterocycles. The molecule has 0 bridgehead atoms. The van der Waals surface area contributed by atoms with Crippen LogP contribution in [0.3, 0.4) is 0 Å². The van der Waals surface area contributed by atoms with E-state index in [9.17, 15) is 0 Å². The van der Waals surface area contributed by atoms with Crippen LogP contribution in [0, 0.1) is 0 Å². The largest absolute Gasteiger partial charge is 0.341 e. The van der Waals surface area contributed by atoms with Crippen molar-refractivity contribution in [1.82, 2.24) is 5.32 Å². The summed E-state index contributed by atoms with van der Waals surface area (Å²) in [7, 11) is 0. The van der Waals surface area contributed by atoms with E-state index >= 15 is 0 Å². The summed E-state index contributed by atoms with van der Waals surface area (Å²) in [5.74, 6) is 0. The van der Waals surface area contributed by atoms with E-state index in [2.05, 4.69) is 58.7 Å². The molecular formula is C19H22N2. The van der Waals surface area contributed by atoms with Gasteiger partial charge in [0.15, 0.2) is 0 Å². The third-order valence-electron chi connectivity index (χ3n) is 4.55. The Balaban J connectivity index is 1.66. The first-order valence-electron chi connectivity index (χ1n) is 8.08. The predicted molar refractivity (Wildman–Crippen MR) is 88.1 cm³/mol. The first-order valence-corrected chi connectivity index (χ1v) is 8.08. The minimum Gasteiger partial charge on any atom is -0.341 e. The Morgan fingerprint density at radius 1 is 0.952 bits per heavy atom. The molecule has 0 amide bonds. The van der Waals surface area contributed by atoms with Gasteiger partial charge >= 0.3 is 0 Å². The lowest BCUT2D eigenvalue weighted by Crippen LogP contribution is -2.26. The zero-order valence-electron chi connectivity index (χ0n) is 12.4. The van der Waals surface area contributed by atoms with E-state index in [0.29, 0.717) is 0 Å². The van der Waals surface area contributed by atoms with Gasteiger partial charge in [0, 0.05) is 30.5 Å². The minimum atomic E-state index is 0.756. The van der Waals surface area contributed by atoms with Crippen LogP contribution in [0.25, 0.3) is 0 Å². The Morgan fingerprint density at radius 3 is 2.57 bits per heavy atom. The van der Waals surface area contributed by atoms with Crippen molar-refractivity contribution in [3.8, 4) is 0 Å². The van der Waals surface area contributed by atoms with Gasteiger partial charge in [0.2, 0.25) is 0 Å². The SMILES string of the molecule is c1ccc2c(c1)CCCN2c1ccccc1CNC1CC1. The summed E-state index contributed by atoms with van der Waals surface area (Å²) in [5.41, 5.74) is 5.66. The lowest BCUT2D eigenvalue weighted by Gasteiger charge is -2.33. The van der Waals surface area contributed by atoms with Crippen LogP contribution in [0.15, 0.2) is 48.5 Å². The number of rotatable bonds is 4. The summed E-state index contributed by atoms with van der Waals surface area (Å²) >= 11 is 0. The highest BCUT2D eigenvalue weighted by atomic mass is 15.1. The Labute approximate surface area is 126 Å². The average Bonchev–Trinajstić information content (AvgIpc) is 3.37. The van der Waals surface area contributed by atoms with Gasteiger partial charge in [0.25, 0.3) is 0 Å². The van der Waals surface area contributed by atoms with Gasteiger partial charge in [-0.05, 0) is 48.9 Å². The molecule has 0 aromatic heterocycles. The topological polar surface area (TPSA) is 15.3 Å². The Hall–Kier alpha value is -1.80. The Bertz CT molecular complexity index is 631. The van der Waals surface area contributed by atoms with Crippen LogP contribution in [-0.4, -0.2) is 12.6 Å². The maximum Gasteiger partial charge on any atom is 0.0456 e. The predicted octanol–water partition coefficient (Wildman–Crippen LogP) is 4.02. The van der Waals surface area contributed by atoms with Crippen LogP contribution >= 0.6 is 0 Å². The maximum absolute atomic E-state index is 3.65. The number of hydrogen-bond acceptors (Lipinski definition) is 2. The highest BCUT2D eigenvalue weighted by molar-refractivity contribution is 5.70. The minimum absolute atomic E-state index is 0.756. The van der Waals surface area contributed by atoms with Crippen molar-refractivity contribution in [3.63, 3.8) is 0 Å². The Kier molecular flexibility index (Phi) is 3.40. The molecule has 1 fully saturated rings. The highest BCUT2D eigenvalue weighted by Gasteiger charge is 2.22. The number of fused-ring (bicyclic) bond motifs is 1. The van der Waals surface area contributed by atoms with Crippen molar-refractivity contribution in [2.75, 3.05) is 11.4 Å². The first kappa shape index (κ1) is 12.9. The molecule has 0 atom stereocenters. The molecule has 2 nitrogen and oxygen atoms in total. The lowest BCUT2D eigenvalue weighted by molar-refractivity contribution is 0.683. The van der Waals surface area contributed by atoms with Gasteiger partial charge in [-0.2, -0.15) is 0 Å². The van der Waals surface area contributed by atoms with E-state index in [-0.39, 0.29) is 0 Å². The molecule has 108 valence electrons. The number of nitrogens with zero attached hydrogens (tertiary/aromatic N) is 1. The Morgan fingerprint density at radius 2 is 1.71 bits per heavy atom. The molecule has 0 unspecified atom stereocenters. The van der Waals surface area contributed by atoms with Gasteiger partial charge in [-0.3, -0.25) is 0 Å². The van der Waals surface area contributed by atoms with E-state index < -0.39 is 0 Å². The fourth-order valence-electron chi connectivity index (χ4n) is 3.25. The summed E-state index contributed by atoms with van der Waals surface area (Å²) < 4.78 is 0. The second kappa shape index (κ2) is 5.53. The molecule has 2 aromatic rings. The second-order valence-corrected chi connectivity index (χ2v) is 6.17. The van der Waals surface area contributed by atoms with Crippen LogP contribution in [-0.2, 0) is 13.0 Å². The monoisotopic (exact) mass is 278 g/mol.